The highest BCUT2D eigenvalue weighted by Gasteiger charge is 2.27. The number of hydrogen-bond donors (Lipinski definition) is 1. The molecule has 0 aliphatic carbocycles. The van der Waals surface area contributed by atoms with Gasteiger partial charge in [0.25, 0.3) is 5.91 Å². The zero-order valence-corrected chi connectivity index (χ0v) is 16.5. The number of aryl methyl sites for hydroxylation is 2. The van der Waals surface area contributed by atoms with Gasteiger partial charge < -0.3 is 14.6 Å². The lowest BCUT2D eigenvalue weighted by atomic mass is 10.1. The molecular formula is C23H22N2O4. The molecule has 0 saturated heterocycles. The van der Waals surface area contributed by atoms with Gasteiger partial charge in [0.2, 0.25) is 6.10 Å². The second kappa shape index (κ2) is 8.56. The summed E-state index contributed by atoms with van der Waals surface area (Å²) in [5.74, 6) is -1.31. The minimum Gasteiger partial charge on any atom is -0.443 e. The summed E-state index contributed by atoms with van der Waals surface area (Å²) in [7, 11) is 1.65. The highest BCUT2D eigenvalue weighted by atomic mass is 16.5. The van der Waals surface area contributed by atoms with E-state index in [-0.39, 0.29) is 11.5 Å². The number of esters is 1. The van der Waals surface area contributed by atoms with Crippen LogP contribution >= 0.6 is 0 Å². The molecule has 1 N–H and O–H groups in total. The Bertz CT molecular complexity index is 1040. The summed E-state index contributed by atoms with van der Waals surface area (Å²) in [6.45, 7) is 3.38. The van der Waals surface area contributed by atoms with E-state index in [1.54, 1.807) is 49.6 Å². The molecular weight excluding hydrogens is 368 g/mol. The minimum atomic E-state index is -1.14. The molecule has 0 spiro atoms. The molecule has 1 atom stereocenters. The van der Waals surface area contributed by atoms with Crippen LogP contribution in [0.25, 0.3) is 0 Å². The average Bonchev–Trinajstić information content (AvgIpc) is 3.10. The van der Waals surface area contributed by atoms with E-state index in [2.05, 4.69) is 5.32 Å². The van der Waals surface area contributed by atoms with Gasteiger partial charge in [0, 0.05) is 30.1 Å². The summed E-state index contributed by atoms with van der Waals surface area (Å²) >= 11 is 0. The van der Waals surface area contributed by atoms with Crippen LogP contribution in [0.4, 0.5) is 5.69 Å². The Kier molecular flexibility index (Phi) is 5.93. The Morgan fingerprint density at radius 3 is 2.24 bits per heavy atom. The quantitative estimate of drug-likeness (QED) is 0.508. The number of carbonyl (C=O) groups excluding carboxylic acids is 3. The van der Waals surface area contributed by atoms with Crippen LogP contribution in [0, 0.1) is 6.92 Å². The number of ketones is 1. The molecule has 1 amide bonds. The number of carbonyl (C=O) groups is 3. The summed E-state index contributed by atoms with van der Waals surface area (Å²) in [6.07, 6.45) is 0.420. The largest absolute Gasteiger partial charge is 0.443 e. The summed E-state index contributed by atoms with van der Waals surface area (Å²) in [6, 6.07) is 17.6. The van der Waals surface area contributed by atoms with Crippen molar-refractivity contribution in [3.63, 3.8) is 0 Å². The summed E-state index contributed by atoms with van der Waals surface area (Å²) in [4.78, 5) is 37.2. The van der Waals surface area contributed by atoms with E-state index in [4.69, 9.17) is 4.74 Å². The van der Waals surface area contributed by atoms with Crippen molar-refractivity contribution in [1.29, 1.82) is 0 Å². The van der Waals surface area contributed by atoms with Gasteiger partial charge in [-0.25, -0.2) is 4.79 Å². The molecule has 148 valence electrons. The van der Waals surface area contributed by atoms with Gasteiger partial charge in [-0.05, 0) is 32.0 Å². The molecule has 1 heterocycles. The predicted octanol–water partition coefficient (Wildman–Crippen LogP) is 4.07. The van der Waals surface area contributed by atoms with Crippen molar-refractivity contribution < 1.29 is 19.1 Å². The second-order valence-electron chi connectivity index (χ2n) is 6.83. The van der Waals surface area contributed by atoms with Gasteiger partial charge in [-0.3, -0.25) is 9.59 Å². The summed E-state index contributed by atoms with van der Waals surface area (Å²) in [5, 5.41) is 2.79. The fourth-order valence-electron chi connectivity index (χ4n) is 2.87. The van der Waals surface area contributed by atoms with Gasteiger partial charge in [-0.15, -0.1) is 0 Å². The highest BCUT2D eigenvalue weighted by molar-refractivity contribution is 6.00. The molecule has 0 aliphatic heterocycles. The molecule has 6 heteroatoms. The van der Waals surface area contributed by atoms with Crippen LogP contribution in [-0.2, 0) is 16.6 Å². The van der Waals surface area contributed by atoms with Crippen molar-refractivity contribution in [2.45, 2.75) is 20.0 Å². The third-order valence-electron chi connectivity index (χ3n) is 4.51. The number of aromatic nitrogens is 1. The molecule has 0 fully saturated rings. The standard InChI is InChI=1S/C23H22N2O4/c1-15-9-11-19(12-10-15)24-22(27)21(17-7-5-4-6-8-17)29-23(28)20-13-18(16(2)26)14-25(20)3/h4-14,21H,1-3H3,(H,24,27)/t21-/m0/s1. The van der Waals surface area contributed by atoms with Crippen LogP contribution < -0.4 is 5.32 Å². The lowest BCUT2D eigenvalue weighted by Crippen LogP contribution is -2.26. The van der Waals surface area contributed by atoms with E-state index >= 15 is 0 Å². The van der Waals surface area contributed by atoms with Crippen molar-refractivity contribution in [2.75, 3.05) is 5.32 Å². The van der Waals surface area contributed by atoms with E-state index < -0.39 is 18.0 Å². The number of benzene rings is 2. The topological polar surface area (TPSA) is 77.4 Å². The van der Waals surface area contributed by atoms with Crippen LogP contribution in [0.5, 0.6) is 0 Å². The average molecular weight is 390 g/mol. The fraction of sp³-hybridized carbons (Fsp3) is 0.174. The number of amides is 1. The van der Waals surface area contributed by atoms with Crippen molar-refractivity contribution in [1.82, 2.24) is 4.57 Å². The Morgan fingerprint density at radius 2 is 1.66 bits per heavy atom. The van der Waals surface area contributed by atoms with E-state index in [1.165, 1.54) is 17.6 Å². The third kappa shape index (κ3) is 4.79. The van der Waals surface area contributed by atoms with Crippen molar-refractivity contribution >= 4 is 23.3 Å². The maximum atomic E-state index is 12.9. The number of hydrogen-bond acceptors (Lipinski definition) is 4. The van der Waals surface area contributed by atoms with Crippen LogP contribution in [0.3, 0.4) is 0 Å². The molecule has 0 bridgehead atoms. The fourth-order valence-corrected chi connectivity index (χ4v) is 2.87. The van der Waals surface area contributed by atoms with Gasteiger partial charge in [-0.2, -0.15) is 0 Å². The lowest BCUT2D eigenvalue weighted by molar-refractivity contribution is -0.125. The van der Waals surface area contributed by atoms with E-state index in [0.29, 0.717) is 16.8 Å². The molecule has 6 nitrogen and oxygen atoms in total. The number of ether oxygens (including phenoxy) is 1. The number of nitrogens with zero attached hydrogens (tertiary/aromatic N) is 1. The number of rotatable bonds is 6. The van der Waals surface area contributed by atoms with Gasteiger partial charge in [0.1, 0.15) is 5.69 Å². The predicted molar refractivity (Wildman–Crippen MR) is 110 cm³/mol. The Labute approximate surface area is 169 Å². The Morgan fingerprint density at radius 1 is 1.00 bits per heavy atom. The third-order valence-corrected chi connectivity index (χ3v) is 4.51. The smallest absolute Gasteiger partial charge is 0.356 e. The van der Waals surface area contributed by atoms with Gasteiger partial charge in [0.05, 0.1) is 0 Å². The Balaban J connectivity index is 1.86. The first kappa shape index (κ1) is 20.1. The Hall–Kier alpha value is -3.67. The SMILES string of the molecule is CC(=O)c1cc(C(=O)O[C@H](C(=O)Nc2ccc(C)cc2)c2ccccc2)n(C)c1. The second-order valence-corrected chi connectivity index (χ2v) is 6.83. The first-order valence-corrected chi connectivity index (χ1v) is 9.16. The highest BCUT2D eigenvalue weighted by Crippen LogP contribution is 2.22. The minimum absolute atomic E-state index is 0.156. The number of anilines is 1. The molecule has 3 aromatic rings. The maximum absolute atomic E-state index is 12.9. The first-order chi connectivity index (χ1) is 13.8. The van der Waals surface area contributed by atoms with E-state index in [9.17, 15) is 14.4 Å². The van der Waals surface area contributed by atoms with Gasteiger partial charge in [-0.1, -0.05) is 48.0 Å². The molecule has 1 aromatic heterocycles. The van der Waals surface area contributed by atoms with Crippen LogP contribution in [0.15, 0.2) is 66.9 Å². The molecule has 0 unspecified atom stereocenters. The number of Topliss-reactive ketones (excluding diaryl/α,β-unsaturated/α-hetero) is 1. The molecule has 0 radical (unpaired) electrons. The molecule has 3 rings (SSSR count). The lowest BCUT2D eigenvalue weighted by Gasteiger charge is -2.18. The zero-order chi connectivity index (χ0) is 21.0. The molecule has 0 aliphatic rings. The summed E-state index contributed by atoms with van der Waals surface area (Å²) < 4.78 is 7.08. The zero-order valence-electron chi connectivity index (χ0n) is 16.5. The van der Waals surface area contributed by atoms with Gasteiger partial charge in [0.15, 0.2) is 5.78 Å². The van der Waals surface area contributed by atoms with E-state index in [1.807, 2.05) is 25.1 Å². The van der Waals surface area contributed by atoms with Crippen LogP contribution in [-0.4, -0.2) is 22.2 Å². The normalized spacial score (nSPS) is 11.6. The monoisotopic (exact) mass is 390 g/mol. The molecule has 0 saturated carbocycles. The maximum Gasteiger partial charge on any atom is 0.356 e. The van der Waals surface area contributed by atoms with Crippen molar-refractivity contribution in [3.05, 3.63) is 89.2 Å². The van der Waals surface area contributed by atoms with Crippen LogP contribution in [0.1, 0.15) is 45.0 Å². The summed E-state index contributed by atoms with van der Waals surface area (Å²) in [5.41, 5.74) is 2.82. The number of nitrogens with one attached hydrogen (secondary N) is 1. The van der Waals surface area contributed by atoms with Crippen LogP contribution in [0.2, 0.25) is 0 Å². The van der Waals surface area contributed by atoms with Gasteiger partial charge >= 0.3 is 5.97 Å². The van der Waals surface area contributed by atoms with Crippen molar-refractivity contribution in [3.8, 4) is 0 Å². The molecule has 2 aromatic carbocycles. The van der Waals surface area contributed by atoms with E-state index in [0.717, 1.165) is 5.56 Å². The van der Waals surface area contributed by atoms with Crippen molar-refractivity contribution in [2.24, 2.45) is 7.05 Å². The molecule has 29 heavy (non-hydrogen) atoms. The first-order valence-electron chi connectivity index (χ1n) is 9.16.